The fraction of sp³-hybridized carbons (Fsp3) is 0.429. The summed E-state index contributed by atoms with van der Waals surface area (Å²) in [5.41, 5.74) is 7.61. The molecule has 2 rings (SSSR count). The zero-order chi connectivity index (χ0) is 23.9. The lowest BCUT2D eigenvalue weighted by molar-refractivity contribution is -0.114. The van der Waals surface area contributed by atoms with E-state index in [-0.39, 0.29) is 5.78 Å². The third-order valence-electron chi connectivity index (χ3n) is 5.33. The molecule has 178 valence electrons. The Morgan fingerprint density at radius 1 is 0.818 bits per heavy atom. The average molecular weight is 452 g/mol. The van der Waals surface area contributed by atoms with Gasteiger partial charge < -0.3 is 15.2 Å². The van der Waals surface area contributed by atoms with Crippen LogP contribution in [0.4, 0.5) is 0 Å². The maximum Gasteiger partial charge on any atom is 0.343 e. The van der Waals surface area contributed by atoms with Gasteiger partial charge in [-0.1, -0.05) is 58.4 Å². The molecule has 0 spiro atoms. The summed E-state index contributed by atoms with van der Waals surface area (Å²) in [5, 5.41) is 0. The van der Waals surface area contributed by atoms with Crippen molar-refractivity contribution in [3.63, 3.8) is 0 Å². The van der Waals surface area contributed by atoms with E-state index >= 15 is 0 Å². The molecule has 0 amide bonds. The first-order valence-electron chi connectivity index (χ1n) is 12.1. The van der Waals surface area contributed by atoms with Crippen LogP contribution >= 0.6 is 0 Å². The molecule has 0 aliphatic carbocycles. The van der Waals surface area contributed by atoms with Crippen LogP contribution in [-0.4, -0.2) is 18.4 Å². The van der Waals surface area contributed by atoms with Crippen molar-refractivity contribution in [3.8, 4) is 11.5 Å². The molecule has 0 saturated carbocycles. The van der Waals surface area contributed by atoms with Crippen LogP contribution in [0.2, 0.25) is 0 Å². The van der Waals surface area contributed by atoms with Crippen LogP contribution in [0.3, 0.4) is 0 Å². The van der Waals surface area contributed by atoms with E-state index in [9.17, 15) is 9.59 Å². The van der Waals surface area contributed by atoms with Gasteiger partial charge in [-0.3, -0.25) is 4.79 Å². The highest BCUT2D eigenvalue weighted by atomic mass is 16.5. The summed E-state index contributed by atoms with van der Waals surface area (Å²) in [6.45, 7) is 4.93. The Hall–Kier alpha value is -3.08. The number of esters is 1. The largest absolute Gasteiger partial charge is 0.494 e. The minimum Gasteiger partial charge on any atom is -0.494 e. The van der Waals surface area contributed by atoms with Crippen LogP contribution in [0, 0.1) is 0 Å². The zero-order valence-corrected chi connectivity index (χ0v) is 20.0. The number of carbonyl (C=O) groups is 2. The molecule has 2 aromatic rings. The first kappa shape index (κ1) is 26.2. The van der Waals surface area contributed by atoms with Crippen molar-refractivity contribution < 1.29 is 19.1 Å². The summed E-state index contributed by atoms with van der Waals surface area (Å²) < 4.78 is 11.3. The van der Waals surface area contributed by atoms with Gasteiger partial charge in [-0.05, 0) is 60.9 Å². The lowest BCUT2D eigenvalue weighted by Gasteiger charge is -2.09. The molecule has 0 bridgehead atoms. The predicted molar refractivity (Wildman–Crippen MR) is 133 cm³/mol. The maximum absolute atomic E-state index is 12.5. The number of rotatable bonds is 15. The maximum atomic E-state index is 12.5. The summed E-state index contributed by atoms with van der Waals surface area (Å²) in [5.74, 6) is 0.648. The molecular weight excluding hydrogens is 414 g/mol. The summed E-state index contributed by atoms with van der Waals surface area (Å²) in [4.78, 5) is 24.5. The molecular formula is C28H37NO4. The highest BCUT2D eigenvalue weighted by Gasteiger charge is 2.10. The van der Waals surface area contributed by atoms with Gasteiger partial charge in [0.05, 0.1) is 12.2 Å². The fourth-order valence-electron chi connectivity index (χ4n) is 3.37. The second-order valence-electron chi connectivity index (χ2n) is 8.23. The van der Waals surface area contributed by atoms with E-state index in [0.717, 1.165) is 32.1 Å². The van der Waals surface area contributed by atoms with Gasteiger partial charge in [0.2, 0.25) is 0 Å². The molecule has 5 nitrogen and oxygen atoms in total. The van der Waals surface area contributed by atoms with Crippen LogP contribution in [-0.2, 0) is 4.79 Å². The van der Waals surface area contributed by atoms with Gasteiger partial charge in [0.15, 0.2) is 5.78 Å². The third kappa shape index (κ3) is 9.94. The Morgan fingerprint density at radius 2 is 1.52 bits per heavy atom. The summed E-state index contributed by atoms with van der Waals surface area (Å²) in [6.07, 6.45) is 10.8. The molecule has 5 heteroatoms. The number of ketones is 1. The lowest BCUT2D eigenvalue weighted by atomic mass is 10.1. The Morgan fingerprint density at radius 3 is 2.24 bits per heavy atom. The van der Waals surface area contributed by atoms with Crippen molar-refractivity contribution >= 4 is 17.4 Å². The molecule has 2 aromatic carbocycles. The highest BCUT2D eigenvalue weighted by molar-refractivity contribution is 5.96. The van der Waals surface area contributed by atoms with E-state index in [0.29, 0.717) is 41.4 Å². The molecule has 0 aliphatic heterocycles. The highest BCUT2D eigenvalue weighted by Crippen LogP contribution is 2.20. The van der Waals surface area contributed by atoms with Crippen molar-refractivity contribution in [2.45, 2.75) is 71.6 Å². The van der Waals surface area contributed by atoms with Crippen molar-refractivity contribution in [2.75, 3.05) is 6.61 Å². The van der Waals surface area contributed by atoms with Gasteiger partial charge >= 0.3 is 5.97 Å². The third-order valence-corrected chi connectivity index (χ3v) is 5.33. The SMILES string of the molecule is CCCCCCCOc1cccc(C(=O)Oc2ccc(/C(N)=C/C(=O)CCCCC)cc2)c1. The number of nitrogens with two attached hydrogens (primary N) is 1. The summed E-state index contributed by atoms with van der Waals surface area (Å²) in [7, 11) is 0. The van der Waals surface area contributed by atoms with Crippen molar-refractivity contribution in [1.82, 2.24) is 0 Å². The van der Waals surface area contributed by atoms with Crippen LogP contribution in [0.25, 0.3) is 5.70 Å². The number of hydrogen-bond acceptors (Lipinski definition) is 5. The molecule has 0 atom stereocenters. The molecule has 0 aromatic heterocycles. The second kappa shape index (κ2) is 14.9. The standard InChI is InChI=1S/C28H37NO4/c1-3-5-7-8-10-19-32-26-14-11-12-23(20-26)28(31)33-25-17-15-22(16-18-25)27(29)21-24(30)13-9-6-4-2/h11-12,14-18,20-21H,3-10,13,19,29H2,1-2H3/b27-21-. The van der Waals surface area contributed by atoms with E-state index < -0.39 is 5.97 Å². The Balaban J connectivity index is 1.88. The Kier molecular flexibility index (Phi) is 11.8. The minimum atomic E-state index is -0.453. The topological polar surface area (TPSA) is 78.6 Å². The van der Waals surface area contributed by atoms with Gasteiger partial charge in [0.25, 0.3) is 0 Å². The molecule has 0 unspecified atom stereocenters. The smallest absolute Gasteiger partial charge is 0.343 e. The van der Waals surface area contributed by atoms with E-state index in [1.54, 1.807) is 42.5 Å². The molecule has 0 heterocycles. The number of allylic oxidation sites excluding steroid dienone is 1. The fourth-order valence-corrected chi connectivity index (χ4v) is 3.37. The lowest BCUT2D eigenvalue weighted by Crippen LogP contribution is -2.09. The van der Waals surface area contributed by atoms with Crippen LogP contribution in [0.15, 0.2) is 54.6 Å². The Labute approximate surface area is 198 Å². The van der Waals surface area contributed by atoms with Crippen molar-refractivity contribution in [2.24, 2.45) is 5.73 Å². The number of unbranched alkanes of at least 4 members (excludes halogenated alkanes) is 6. The van der Waals surface area contributed by atoms with E-state index in [2.05, 4.69) is 13.8 Å². The summed E-state index contributed by atoms with van der Waals surface area (Å²) >= 11 is 0. The van der Waals surface area contributed by atoms with Crippen LogP contribution in [0.1, 0.15) is 87.6 Å². The number of benzene rings is 2. The number of hydrogen-bond donors (Lipinski definition) is 1. The zero-order valence-electron chi connectivity index (χ0n) is 20.0. The van der Waals surface area contributed by atoms with E-state index in [1.165, 1.54) is 25.3 Å². The molecule has 0 radical (unpaired) electrons. The first-order valence-corrected chi connectivity index (χ1v) is 12.1. The second-order valence-corrected chi connectivity index (χ2v) is 8.23. The number of carbonyl (C=O) groups excluding carboxylic acids is 2. The number of ether oxygens (including phenoxy) is 2. The monoisotopic (exact) mass is 451 g/mol. The Bertz CT molecular complexity index is 902. The molecule has 33 heavy (non-hydrogen) atoms. The van der Waals surface area contributed by atoms with E-state index in [4.69, 9.17) is 15.2 Å². The normalized spacial score (nSPS) is 11.3. The molecule has 0 fully saturated rings. The van der Waals surface area contributed by atoms with Gasteiger partial charge in [-0.25, -0.2) is 4.79 Å². The van der Waals surface area contributed by atoms with Gasteiger partial charge in [0, 0.05) is 18.2 Å². The van der Waals surface area contributed by atoms with Gasteiger partial charge in [0.1, 0.15) is 11.5 Å². The van der Waals surface area contributed by atoms with Crippen LogP contribution in [0.5, 0.6) is 11.5 Å². The summed E-state index contributed by atoms with van der Waals surface area (Å²) in [6, 6.07) is 13.9. The van der Waals surface area contributed by atoms with Crippen molar-refractivity contribution in [1.29, 1.82) is 0 Å². The van der Waals surface area contributed by atoms with Gasteiger partial charge in [-0.2, -0.15) is 0 Å². The minimum absolute atomic E-state index is 0.0273. The first-order chi connectivity index (χ1) is 16.0. The molecule has 0 aliphatic rings. The average Bonchev–Trinajstić information content (AvgIpc) is 2.82. The predicted octanol–water partition coefficient (Wildman–Crippen LogP) is 6.70. The quantitative estimate of drug-likeness (QED) is 0.141. The van der Waals surface area contributed by atoms with Crippen molar-refractivity contribution in [3.05, 3.63) is 65.7 Å². The molecule has 0 saturated heterocycles. The van der Waals surface area contributed by atoms with Crippen LogP contribution < -0.4 is 15.2 Å². The van der Waals surface area contributed by atoms with E-state index in [1.807, 2.05) is 6.07 Å². The van der Waals surface area contributed by atoms with Gasteiger partial charge in [-0.15, -0.1) is 0 Å². The molecule has 2 N–H and O–H groups in total.